The molecule has 2 aliphatic carbocycles. The zero-order chi connectivity index (χ0) is 15.5. The molecule has 0 amide bonds. The van der Waals surface area contributed by atoms with Crippen molar-refractivity contribution in [3.63, 3.8) is 0 Å². The lowest BCUT2D eigenvalue weighted by atomic mass is 9.58. The molecule has 3 aliphatic rings. The molecule has 3 nitrogen and oxygen atoms in total. The number of fused-ring (bicyclic) bond motifs is 1. The first-order valence-corrected chi connectivity index (χ1v) is 7.92. The molecule has 0 spiro atoms. The second kappa shape index (κ2) is 4.53. The smallest absolute Gasteiger partial charge is 0.163 e. The van der Waals surface area contributed by atoms with Crippen molar-refractivity contribution in [1.29, 1.82) is 0 Å². The molecule has 3 rings (SSSR count). The fourth-order valence-corrected chi connectivity index (χ4v) is 4.05. The zero-order valence-electron chi connectivity index (χ0n) is 13.7. The van der Waals surface area contributed by atoms with Gasteiger partial charge in [0, 0.05) is 12.3 Å². The van der Waals surface area contributed by atoms with Gasteiger partial charge < -0.3 is 9.47 Å². The number of hydrogen-bond donors (Lipinski definition) is 0. The van der Waals surface area contributed by atoms with Gasteiger partial charge >= 0.3 is 0 Å². The number of hydrogen-bond acceptors (Lipinski definition) is 3. The maximum absolute atomic E-state index is 11.8. The maximum atomic E-state index is 11.8. The van der Waals surface area contributed by atoms with Crippen LogP contribution < -0.4 is 0 Å². The van der Waals surface area contributed by atoms with Crippen molar-refractivity contribution in [2.24, 2.45) is 17.3 Å². The Bertz CT molecular complexity index is 531. The number of carbonyl (C=O) groups is 1. The Labute approximate surface area is 127 Å². The Morgan fingerprint density at radius 1 is 1.24 bits per heavy atom. The number of allylic oxidation sites excluding steroid dienone is 3. The predicted octanol–water partition coefficient (Wildman–Crippen LogP) is 3.65. The van der Waals surface area contributed by atoms with E-state index in [-0.39, 0.29) is 16.8 Å². The number of rotatable bonds is 1. The molecule has 3 heteroatoms. The first-order chi connectivity index (χ1) is 9.65. The summed E-state index contributed by atoms with van der Waals surface area (Å²) in [7, 11) is 0. The zero-order valence-corrected chi connectivity index (χ0v) is 13.7. The Kier molecular flexibility index (Phi) is 3.23. The molecule has 1 aliphatic heterocycles. The van der Waals surface area contributed by atoms with Crippen LogP contribution in [0.3, 0.4) is 0 Å². The van der Waals surface area contributed by atoms with Crippen LogP contribution in [0, 0.1) is 17.3 Å². The summed E-state index contributed by atoms with van der Waals surface area (Å²) in [5.74, 6) is 0.438. The molecule has 0 saturated carbocycles. The van der Waals surface area contributed by atoms with E-state index >= 15 is 0 Å². The standard InChI is InChI=1S/C18H26O3/c1-12-8-15(19)9-13-6-7-14(10-17(12,13)4)18(5)11-20-16(2,3)21-18/h6-7,9,12,14H,8,10-11H2,1-5H3/t12-,14-,17+,18?/m1/s1. The second-order valence-corrected chi connectivity index (χ2v) is 7.86. The van der Waals surface area contributed by atoms with Crippen molar-refractivity contribution < 1.29 is 14.3 Å². The van der Waals surface area contributed by atoms with E-state index in [9.17, 15) is 4.79 Å². The predicted molar refractivity (Wildman–Crippen MR) is 81.7 cm³/mol. The minimum absolute atomic E-state index is 0.0619. The monoisotopic (exact) mass is 290 g/mol. The van der Waals surface area contributed by atoms with Gasteiger partial charge in [-0.05, 0) is 50.2 Å². The summed E-state index contributed by atoms with van der Waals surface area (Å²) in [5.41, 5.74) is 0.964. The van der Waals surface area contributed by atoms with Crippen molar-refractivity contribution in [1.82, 2.24) is 0 Å². The van der Waals surface area contributed by atoms with E-state index < -0.39 is 5.79 Å². The first-order valence-electron chi connectivity index (χ1n) is 7.92. The molecule has 0 aromatic carbocycles. The highest BCUT2D eigenvalue weighted by Gasteiger charge is 2.51. The summed E-state index contributed by atoms with van der Waals surface area (Å²) in [4.78, 5) is 11.8. The summed E-state index contributed by atoms with van der Waals surface area (Å²) in [6.45, 7) is 11.2. The minimum atomic E-state index is -0.506. The van der Waals surface area contributed by atoms with Crippen LogP contribution in [0.1, 0.15) is 47.5 Å². The molecule has 0 aromatic rings. The molecule has 0 N–H and O–H groups in total. The molecule has 116 valence electrons. The fourth-order valence-electron chi connectivity index (χ4n) is 4.05. The average Bonchev–Trinajstić information content (AvgIpc) is 2.66. The maximum Gasteiger partial charge on any atom is 0.163 e. The van der Waals surface area contributed by atoms with Crippen LogP contribution in [0.25, 0.3) is 0 Å². The van der Waals surface area contributed by atoms with Gasteiger partial charge in [-0.15, -0.1) is 0 Å². The largest absolute Gasteiger partial charge is 0.347 e. The molecule has 0 aromatic heterocycles. The van der Waals surface area contributed by atoms with Crippen LogP contribution in [0.2, 0.25) is 0 Å². The lowest BCUT2D eigenvalue weighted by Gasteiger charge is -2.47. The molecule has 1 fully saturated rings. The SMILES string of the molecule is C[C@@H]1CC(=O)C=C2C=C[C@@H](C3(C)COC(C)(C)O3)C[C@]21C. The Balaban J connectivity index is 1.91. The van der Waals surface area contributed by atoms with Gasteiger partial charge in [0.1, 0.15) is 0 Å². The fraction of sp³-hybridized carbons (Fsp3) is 0.722. The highest BCUT2D eigenvalue weighted by Crippen LogP contribution is 2.52. The molecule has 21 heavy (non-hydrogen) atoms. The van der Waals surface area contributed by atoms with E-state index in [0.29, 0.717) is 24.9 Å². The van der Waals surface area contributed by atoms with Crippen molar-refractivity contribution >= 4 is 5.78 Å². The van der Waals surface area contributed by atoms with Gasteiger partial charge in [-0.25, -0.2) is 0 Å². The van der Waals surface area contributed by atoms with E-state index in [1.54, 1.807) is 0 Å². The third kappa shape index (κ3) is 2.40. The third-order valence-corrected chi connectivity index (χ3v) is 5.69. The number of carbonyl (C=O) groups excluding carboxylic acids is 1. The van der Waals surface area contributed by atoms with Crippen LogP contribution in [-0.4, -0.2) is 23.8 Å². The molecule has 1 saturated heterocycles. The van der Waals surface area contributed by atoms with Crippen LogP contribution in [0.15, 0.2) is 23.8 Å². The van der Waals surface area contributed by atoms with E-state index in [0.717, 1.165) is 6.42 Å². The highest BCUT2D eigenvalue weighted by atomic mass is 16.8. The molecule has 4 atom stereocenters. The van der Waals surface area contributed by atoms with Crippen LogP contribution in [-0.2, 0) is 14.3 Å². The topological polar surface area (TPSA) is 35.5 Å². The summed E-state index contributed by atoms with van der Waals surface area (Å²) < 4.78 is 12.0. The van der Waals surface area contributed by atoms with Gasteiger partial charge in [0.2, 0.25) is 0 Å². The Morgan fingerprint density at radius 3 is 2.57 bits per heavy atom. The van der Waals surface area contributed by atoms with E-state index in [2.05, 4.69) is 32.9 Å². The van der Waals surface area contributed by atoms with Crippen LogP contribution in [0.5, 0.6) is 0 Å². The van der Waals surface area contributed by atoms with Gasteiger partial charge in [0.25, 0.3) is 0 Å². The van der Waals surface area contributed by atoms with E-state index in [1.807, 2.05) is 19.9 Å². The van der Waals surface area contributed by atoms with Crippen LogP contribution in [0.4, 0.5) is 0 Å². The Hall–Kier alpha value is -0.930. The molecular weight excluding hydrogens is 264 g/mol. The average molecular weight is 290 g/mol. The lowest BCUT2D eigenvalue weighted by Crippen LogP contribution is -2.45. The van der Waals surface area contributed by atoms with Crippen molar-refractivity contribution in [3.8, 4) is 0 Å². The molecule has 0 radical (unpaired) electrons. The highest BCUT2D eigenvalue weighted by molar-refractivity contribution is 5.92. The second-order valence-electron chi connectivity index (χ2n) is 7.86. The molecule has 1 heterocycles. The Morgan fingerprint density at radius 2 is 1.95 bits per heavy atom. The van der Waals surface area contributed by atoms with Crippen LogP contribution >= 0.6 is 0 Å². The molecule has 0 bridgehead atoms. The number of ketones is 1. The van der Waals surface area contributed by atoms with Gasteiger partial charge in [-0.3, -0.25) is 4.79 Å². The summed E-state index contributed by atoms with van der Waals surface area (Å²) in [5, 5.41) is 0. The molecular formula is C18H26O3. The van der Waals surface area contributed by atoms with E-state index in [1.165, 1.54) is 5.57 Å². The van der Waals surface area contributed by atoms with Crippen molar-refractivity contribution in [2.75, 3.05) is 6.61 Å². The van der Waals surface area contributed by atoms with Gasteiger partial charge in [-0.2, -0.15) is 0 Å². The van der Waals surface area contributed by atoms with Gasteiger partial charge in [0.05, 0.1) is 12.2 Å². The summed E-state index contributed by atoms with van der Waals surface area (Å²) >= 11 is 0. The third-order valence-electron chi connectivity index (χ3n) is 5.69. The summed E-state index contributed by atoms with van der Waals surface area (Å²) in [6, 6.07) is 0. The first kappa shape index (κ1) is 15.0. The summed E-state index contributed by atoms with van der Waals surface area (Å²) in [6.07, 6.45) is 7.86. The minimum Gasteiger partial charge on any atom is -0.347 e. The molecule has 1 unspecified atom stereocenters. The number of ether oxygens (including phenoxy) is 2. The van der Waals surface area contributed by atoms with Crippen molar-refractivity contribution in [2.45, 2.75) is 58.8 Å². The van der Waals surface area contributed by atoms with Crippen molar-refractivity contribution in [3.05, 3.63) is 23.8 Å². The lowest BCUT2D eigenvalue weighted by molar-refractivity contribution is -0.167. The quantitative estimate of drug-likeness (QED) is 0.739. The normalized spacial score (nSPS) is 45.4. The van der Waals surface area contributed by atoms with Gasteiger partial charge in [0.15, 0.2) is 11.6 Å². The van der Waals surface area contributed by atoms with E-state index in [4.69, 9.17) is 9.47 Å². The van der Waals surface area contributed by atoms with Gasteiger partial charge in [-0.1, -0.05) is 26.0 Å².